The zero-order valence-electron chi connectivity index (χ0n) is 9.28. The molecule has 0 saturated carbocycles. The number of nitrogens with one attached hydrogen (secondary N) is 2. The minimum atomic E-state index is -0.188. The first-order valence-electron chi connectivity index (χ1n) is 5.48. The van der Waals surface area contributed by atoms with E-state index in [-0.39, 0.29) is 12.0 Å². The van der Waals surface area contributed by atoms with Gasteiger partial charge in [0.05, 0.1) is 12.7 Å². The minimum absolute atomic E-state index is 0.0372. The maximum atomic E-state index is 11.8. The molecule has 1 aliphatic rings. The lowest BCUT2D eigenvalue weighted by Crippen LogP contribution is -2.45. The molecule has 0 aliphatic carbocycles. The molecule has 1 fully saturated rings. The molecule has 1 atom stereocenters. The Morgan fingerprint density at radius 3 is 3.29 bits per heavy atom. The molecule has 6 heteroatoms. The van der Waals surface area contributed by atoms with Crippen LogP contribution in [0.2, 0.25) is 0 Å². The third kappa shape index (κ3) is 3.49. The van der Waals surface area contributed by atoms with E-state index in [0.29, 0.717) is 23.3 Å². The highest BCUT2D eigenvalue weighted by atomic mass is 79.9. The molecule has 0 radical (unpaired) electrons. The van der Waals surface area contributed by atoms with Gasteiger partial charge < -0.3 is 15.4 Å². The molecular formula is C11H14BrN3O2. The third-order valence-electron chi connectivity index (χ3n) is 2.47. The van der Waals surface area contributed by atoms with Gasteiger partial charge >= 0.3 is 0 Å². The molecule has 1 aromatic heterocycles. The van der Waals surface area contributed by atoms with Gasteiger partial charge in [-0.15, -0.1) is 0 Å². The second-order valence-electron chi connectivity index (χ2n) is 3.74. The summed E-state index contributed by atoms with van der Waals surface area (Å²) in [6.07, 6.45) is 1.63. The van der Waals surface area contributed by atoms with Gasteiger partial charge in [-0.1, -0.05) is 0 Å². The van der Waals surface area contributed by atoms with E-state index in [1.54, 1.807) is 18.3 Å². The minimum Gasteiger partial charge on any atom is -0.374 e. The van der Waals surface area contributed by atoms with Crippen molar-refractivity contribution in [3.63, 3.8) is 0 Å². The Morgan fingerprint density at radius 2 is 2.59 bits per heavy atom. The number of hydrogen-bond donors (Lipinski definition) is 2. The largest absolute Gasteiger partial charge is 0.374 e. The number of hydrogen-bond acceptors (Lipinski definition) is 4. The van der Waals surface area contributed by atoms with Crippen LogP contribution in [0.15, 0.2) is 22.8 Å². The Balaban J connectivity index is 1.87. The van der Waals surface area contributed by atoms with Crippen molar-refractivity contribution < 1.29 is 9.53 Å². The lowest BCUT2D eigenvalue weighted by molar-refractivity contribution is 0.0286. The molecule has 0 bridgehead atoms. The maximum Gasteiger partial charge on any atom is 0.271 e. The van der Waals surface area contributed by atoms with E-state index in [2.05, 4.69) is 31.5 Å². The Kier molecular flexibility index (Phi) is 4.47. The number of halogens is 1. The highest BCUT2D eigenvalue weighted by Gasteiger charge is 2.16. The Hall–Kier alpha value is -0.980. The summed E-state index contributed by atoms with van der Waals surface area (Å²) in [5, 5.41) is 6.02. The lowest BCUT2D eigenvalue weighted by atomic mass is 10.3. The van der Waals surface area contributed by atoms with Gasteiger partial charge in [-0.3, -0.25) is 4.79 Å². The van der Waals surface area contributed by atoms with Gasteiger partial charge in [0.25, 0.3) is 5.91 Å². The summed E-state index contributed by atoms with van der Waals surface area (Å²) in [6.45, 7) is 2.82. The van der Waals surface area contributed by atoms with E-state index >= 15 is 0 Å². The third-order valence-corrected chi connectivity index (χ3v) is 3.11. The summed E-state index contributed by atoms with van der Waals surface area (Å²) in [7, 11) is 0. The molecule has 2 N–H and O–H groups in total. The molecule has 0 spiro atoms. The first-order chi connectivity index (χ1) is 8.27. The van der Waals surface area contributed by atoms with Crippen molar-refractivity contribution in [3.05, 3.63) is 28.5 Å². The molecule has 2 heterocycles. The Morgan fingerprint density at radius 1 is 1.71 bits per heavy atom. The topological polar surface area (TPSA) is 63.2 Å². The molecular weight excluding hydrogens is 286 g/mol. The molecule has 2 rings (SSSR count). The number of nitrogens with zero attached hydrogens (tertiary/aromatic N) is 1. The van der Waals surface area contributed by atoms with E-state index in [1.807, 2.05) is 0 Å². The van der Waals surface area contributed by atoms with Crippen LogP contribution >= 0.6 is 15.9 Å². The first kappa shape index (κ1) is 12.5. The quantitative estimate of drug-likeness (QED) is 0.856. The van der Waals surface area contributed by atoms with Crippen molar-refractivity contribution in [3.8, 4) is 0 Å². The van der Waals surface area contributed by atoms with E-state index in [0.717, 1.165) is 13.1 Å². The van der Waals surface area contributed by atoms with Gasteiger partial charge in [-0.05, 0) is 28.1 Å². The molecule has 1 aliphatic heterocycles. The highest BCUT2D eigenvalue weighted by Crippen LogP contribution is 2.12. The summed E-state index contributed by atoms with van der Waals surface area (Å²) in [4.78, 5) is 15.9. The average Bonchev–Trinajstić information content (AvgIpc) is 2.38. The van der Waals surface area contributed by atoms with Crippen LogP contribution < -0.4 is 10.6 Å². The van der Waals surface area contributed by atoms with Crippen LogP contribution in [0.25, 0.3) is 0 Å². The molecule has 1 saturated heterocycles. The number of pyridine rings is 1. The summed E-state index contributed by atoms with van der Waals surface area (Å²) in [5.41, 5.74) is 0.399. The van der Waals surface area contributed by atoms with E-state index < -0.39 is 0 Å². The van der Waals surface area contributed by atoms with E-state index in [9.17, 15) is 4.79 Å². The normalized spacial score (nSPS) is 19.9. The lowest BCUT2D eigenvalue weighted by Gasteiger charge is -2.23. The van der Waals surface area contributed by atoms with Crippen molar-refractivity contribution in [1.29, 1.82) is 0 Å². The van der Waals surface area contributed by atoms with Gasteiger partial charge in [0.15, 0.2) is 0 Å². The first-order valence-corrected chi connectivity index (χ1v) is 6.27. The fraction of sp³-hybridized carbons (Fsp3) is 0.455. The van der Waals surface area contributed by atoms with Crippen molar-refractivity contribution in [1.82, 2.24) is 15.6 Å². The van der Waals surface area contributed by atoms with Crippen LogP contribution in [-0.4, -0.2) is 43.2 Å². The predicted molar refractivity (Wildman–Crippen MR) is 66.9 cm³/mol. The number of amides is 1. The fourth-order valence-corrected chi connectivity index (χ4v) is 2.03. The Bertz CT molecular complexity index is 394. The van der Waals surface area contributed by atoms with Gasteiger partial charge in [0, 0.05) is 30.3 Å². The number of rotatable bonds is 3. The smallest absolute Gasteiger partial charge is 0.271 e. The molecule has 92 valence electrons. The molecule has 5 nitrogen and oxygen atoms in total. The van der Waals surface area contributed by atoms with Crippen LogP contribution in [0.3, 0.4) is 0 Å². The van der Waals surface area contributed by atoms with E-state index in [1.165, 1.54) is 0 Å². The van der Waals surface area contributed by atoms with Crippen molar-refractivity contribution >= 4 is 21.8 Å². The SMILES string of the molecule is O=C(NCC1CNCCO1)c1ncccc1Br. The molecule has 17 heavy (non-hydrogen) atoms. The fourth-order valence-electron chi connectivity index (χ4n) is 1.59. The summed E-state index contributed by atoms with van der Waals surface area (Å²) in [6, 6.07) is 3.57. The van der Waals surface area contributed by atoms with Gasteiger partial charge in [-0.25, -0.2) is 4.98 Å². The molecule has 0 aromatic carbocycles. The van der Waals surface area contributed by atoms with Crippen molar-refractivity contribution in [2.45, 2.75) is 6.10 Å². The number of aromatic nitrogens is 1. The van der Waals surface area contributed by atoms with Crippen LogP contribution in [0.5, 0.6) is 0 Å². The number of carbonyl (C=O) groups excluding carboxylic acids is 1. The average molecular weight is 300 g/mol. The summed E-state index contributed by atoms with van der Waals surface area (Å²) in [5.74, 6) is -0.188. The second kappa shape index (κ2) is 6.09. The number of carbonyl (C=O) groups is 1. The van der Waals surface area contributed by atoms with E-state index in [4.69, 9.17) is 4.74 Å². The van der Waals surface area contributed by atoms with Crippen LogP contribution in [0.1, 0.15) is 10.5 Å². The number of ether oxygens (including phenoxy) is 1. The van der Waals surface area contributed by atoms with Crippen molar-refractivity contribution in [2.75, 3.05) is 26.2 Å². The summed E-state index contributed by atoms with van der Waals surface area (Å²) >= 11 is 3.30. The maximum absolute atomic E-state index is 11.8. The monoisotopic (exact) mass is 299 g/mol. The zero-order valence-corrected chi connectivity index (χ0v) is 10.9. The molecule has 1 aromatic rings. The van der Waals surface area contributed by atoms with Gasteiger partial charge in [-0.2, -0.15) is 0 Å². The predicted octanol–water partition coefficient (Wildman–Crippen LogP) is 0.562. The molecule has 1 unspecified atom stereocenters. The number of morpholine rings is 1. The van der Waals surface area contributed by atoms with Crippen LogP contribution in [0.4, 0.5) is 0 Å². The Labute approximate surface area is 108 Å². The van der Waals surface area contributed by atoms with Crippen LogP contribution in [-0.2, 0) is 4.74 Å². The highest BCUT2D eigenvalue weighted by molar-refractivity contribution is 9.10. The van der Waals surface area contributed by atoms with Gasteiger partial charge in [0.2, 0.25) is 0 Å². The van der Waals surface area contributed by atoms with Crippen LogP contribution in [0, 0.1) is 0 Å². The van der Waals surface area contributed by atoms with Gasteiger partial charge in [0.1, 0.15) is 5.69 Å². The molecule has 1 amide bonds. The standard InChI is InChI=1S/C11H14BrN3O2/c12-9-2-1-3-14-10(9)11(16)15-7-8-6-13-4-5-17-8/h1-3,8,13H,4-7H2,(H,15,16). The second-order valence-corrected chi connectivity index (χ2v) is 4.60. The summed E-state index contributed by atoms with van der Waals surface area (Å²) < 4.78 is 6.18. The zero-order chi connectivity index (χ0) is 12.1. The van der Waals surface area contributed by atoms with Crippen molar-refractivity contribution in [2.24, 2.45) is 0 Å².